The van der Waals surface area contributed by atoms with Crippen LogP contribution in [0.3, 0.4) is 0 Å². The molecule has 1 nitrogen and oxygen atoms in total. The Morgan fingerprint density at radius 3 is 2.58 bits per heavy atom. The standard InChI is InChI=1S/C16H12BrFN/c17-16-9-15(18)6-5-14(16)11-19-8-7-12-3-1-2-4-13(12)10-19/h1-10H,11H2/q+1. The monoisotopic (exact) mass is 316 g/mol. The maximum Gasteiger partial charge on any atom is 0.176 e. The highest BCUT2D eigenvalue weighted by atomic mass is 79.9. The lowest BCUT2D eigenvalue weighted by molar-refractivity contribution is -0.687. The predicted molar refractivity (Wildman–Crippen MR) is 77.3 cm³/mol. The van der Waals surface area contributed by atoms with Gasteiger partial charge in [-0.25, -0.2) is 8.96 Å². The van der Waals surface area contributed by atoms with Crippen molar-refractivity contribution in [3.63, 3.8) is 0 Å². The first kappa shape index (κ1) is 12.3. The molecule has 0 aliphatic rings. The number of rotatable bonds is 2. The molecule has 3 aromatic rings. The maximum atomic E-state index is 13.1. The predicted octanol–water partition coefficient (Wildman–Crippen LogP) is 4.08. The number of hydrogen-bond acceptors (Lipinski definition) is 0. The molecular formula is C16H12BrFN+. The molecule has 3 heteroatoms. The highest BCUT2D eigenvalue weighted by Crippen LogP contribution is 2.18. The van der Waals surface area contributed by atoms with Crippen molar-refractivity contribution in [2.75, 3.05) is 0 Å². The minimum Gasteiger partial charge on any atom is -0.207 e. The van der Waals surface area contributed by atoms with Crippen molar-refractivity contribution in [2.45, 2.75) is 6.54 Å². The van der Waals surface area contributed by atoms with Gasteiger partial charge in [0.05, 0.1) is 0 Å². The Balaban J connectivity index is 1.96. The molecule has 0 aliphatic heterocycles. The van der Waals surface area contributed by atoms with Crippen molar-refractivity contribution in [1.29, 1.82) is 0 Å². The Bertz CT molecular complexity index is 740. The Hall–Kier alpha value is -1.74. The second kappa shape index (κ2) is 5.10. The summed E-state index contributed by atoms with van der Waals surface area (Å²) in [5, 5.41) is 2.42. The van der Waals surface area contributed by atoms with Crippen LogP contribution in [0.15, 0.2) is 65.4 Å². The van der Waals surface area contributed by atoms with Gasteiger partial charge in [-0.05, 0) is 29.7 Å². The topological polar surface area (TPSA) is 3.88 Å². The molecule has 19 heavy (non-hydrogen) atoms. The third-order valence-electron chi connectivity index (χ3n) is 3.11. The SMILES string of the molecule is Fc1ccc(C[n+]2ccc3ccccc3c2)c(Br)c1. The Morgan fingerprint density at radius 2 is 1.79 bits per heavy atom. The van der Waals surface area contributed by atoms with Gasteiger partial charge < -0.3 is 0 Å². The normalized spacial score (nSPS) is 10.8. The summed E-state index contributed by atoms with van der Waals surface area (Å²) in [5.41, 5.74) is 1.06. The van der Waals surface area contributed by atoms with Crippen molar-refractivity contribution in [3.8, 4) is 0 Å². The van der Waals surface area contributed by atoms with Crippen LogP contribution in [0, 0.1) is 5.82 Å². The van der Waals surface area contributed by atoms with E-state index in [2.05, 4.69) is 44.9 Å². The smallest absolute Gasteiger partial charge is 0.176 e. The molecule has 0 unspecified atom stereocenters. The third-order valence-corrected chi connectivity index (χ3v) is 3.85. The summed E-state index contributed by atoms with van der Waals surface area (Å²) >= 11 is 3.40. The fraction of sp³-hybridized carbons (Fsp3) is 0.0625. The maximum absolute atomic E-state index is 13.1. The van der Waals surface area contributed by atoms with E-state index in [1.54, 1.807) is 0 Å². The number of aromatic nitrogens is 1. The lowest BCUT2D eigenvalue weighted by atomic mass is 10.1. The zero-order valence-electron chi connectivity index (χ0n) is 10.2. The molecule has 94 valence electrons. The van der Waals surface area contributed by atoms with Gasteiger partial charge in [-0.2, -0.15) is 0 Å². The number of fused-ring (bicyclic) bond motifs is 1. The molecular weight excluding hydrogens is 305 g/mol. The number of halogens is 2. The van der Waals surface area contributed by atoms with Crippen LogP contribution in [0.5, 0.6) is 0 Å². The summed E-state index contributed by atoms with van der Waals surface area (Å²) in [6.07, 6.45) is 4.14. The second-order valence-corrected chi connectivity index (χ2v) is 5.34. The highest BCUT2D eigenvalue weighted by Gasteiger charge is 2.08. The minimum absolute atomic E-state index is 0.223. The lowest BCUT2D eigenvalue weighted by Crippen LogP contribution is -2.33. The average Bonchev–Trinajstić information content (AvgIpc) is 2.42. The van der Waals surface area contributed by atoms with Crippen LogP contribution in [-0.4, -0.2) is 0 Å². The number of benzene rings is 2. The third kappa shape index (κ3) is 2.66. The molecule has 0 N–H and O–H groups in total. The first-order valence-electron chi connectivity index (χ1n) is 6.04. The average molecular weight is 317 g/mol. The molecule has 0 radical (unpaired) electrons. The van der Waals surface area contributed by atoms with E-state index in [1.807, 2.05) is 24.4 Å². The van der Waals surface area contributed by atoms with E-state index in [0.29, 0.717) is 6.54 Å². The number of hydrogen-bond donors (Lipinski definition) is 0. The van der Waals surface area contributed by atoms with E-state index in [0.717, 1.165) is 10.0 Å². The van der Waals surface area contributed by atoms with Gasteiger partial charge in [-0.15, -0.1) is 0 Å². The van der Waals surface area contributed by atoms with Crippen molar-refractivity contribution >= 4 is 26.7 Å². The van der Waals surface area contributed by atoms with E-state index in [9.17, 15) is 4.39 Å². The van der Waals surface area contributed by atoms with E-state index < -0.39 is 0 Å². The van der Waals surface area contributed by atoms with Gasteiger partial charge in [-0.1, -0.05) is 34.1 Å². The van der Waals surface area contributed by atoms with Crippen molar-refractivity contribution < 1.29 is 8.96 Å². The van der Waals surface area contributed by atoms with Gasteiger partial charge in [0.1, 0.15) is 5.82 Å². The molecule has 0 spiro atoms. The largest absolute Gasteiger partial charge is 0.207 e. The highest BCUT2D eigenvalue weighted by molar-refractivity contribution is 9.10. The van der Waals surface area contributed by atoms with Gasteiger partial charge in [-0.3, -0.25) is 0 Å². The second-order valence-electron chi connectivity index (χ2n) is 4.48. The lowest BCUT2D eigenvalue weighted by Gasteiger charge is -2.02. The fourth-order valence-corrected chi connectivity index (χ4v) is 2.60. The zero-order valence-corrected chi connectivity index (χ0v) is 11.8. The summed E-state index contributed by atoms with van der Waals surface area (Å²) in [7, 11) is 0. The first-order chi connectivity index (χ1) is 9.22. The molecule has 0 saturated heterocycles. The summed E-state index contributed by atoms with van der Waals surface area (Å²) < 4.78 is 16.0. The van der Waals surface area contributed by atoms with Gasteiger partial charge in [0.15, 0.2) is 18.9 Å². The van der Waals surface area contributed by atoms with Crippen LogP contribution in [0.4, 0.5) is 4.39 Å². The molecule has 0 atom stereocenters. The van der Waals surface area contributed by atoms with Crippen LogP contribution >= 0.6 is 15.9 Å². The molecule has 0 fully saturated rings. The Kier molecular flexibility index (Phi) is 3.30. The molecule has 0 bridgehead atoms. The molecule has 1 heterocycles. The van der Waals surface area contributed by atoms with Crippen LogP contribution in [0.25, 0.3) is 10.8 Å². The van der Waals surface area contributed by atoms with E-state index >= 15 is 0 Å². The van der Waals surface area contributed by atoms with Crippen molar-refractivity contribution in [1.82, 2.24) is 0 Å². The molecule has 0 aliphatic carbocycles. The van der Waals surface area contributed by atoms with E-state index in [1.165, 1.54) is 22.9 Å². The zero-order chi connectivity index (χ0) is 13.2. The summed E-state index contributed by atoms with van der Waals surface area (Å²) in [4.78, 5) is 0. The van der Waals surface area contributed by atoms with E-state index in [-0.39, 0.29) is 5.82 Å². The summed E-state index contributed by atoms with van der Waals surface area (Å²) in [6.45, 7) is 0.714. The van der Waals surface area contributed by atoms with Crippen molar-refractivity contribution in [3.05, 3.63) is 76.8 Å². The Labute approximate surface area is 119 Å². The first-order valence-corrected chi connectivity index (χ1v) is 6.83. The molecule has 2 aromatic carbocycles. The molecule has 0 amide bonds. The van der Waals surface area contributed by atoms with Crippen LogP contribution in [-0.2, 0) is 6.54 Å². The molecule has 0 saturated carbocycles. The van der Waals surface area contributed by atoms with Gasteiger partial charge in [0.2, 0.25) is 0 Å². The minimum atomic E-state index is -0.223. The van der Waals surface area contributed by atoms with Gasteiger partial charge in [0.25, 0.3) is 0 Å². The molecule has 1 aromatic heterocycles. The van der Waals surface area contributed by atoms with Gasteiger partial charge >= 0.3 is 0 Å². The number of pyridine rings is 1. The van der Waals surface area contributed by atoms with Gasteiger partial charge in [0, 0.05) is 21.5 Å². The fourth-order valence-electron chi connectivity index (χ4n) is 2.12. The van der Waals surface area contributed by atoms with Crippen LogP contribution in [0.2, 0.25) is 0 Å². The Morgan fingerprint density at radius 1 is 1.00 bits per heavy atom. The molecule has 3 rings (SSSR count). The summed E-state index contributed by atoms with van der Waals surface area (Å²) in [5.74, 6) is -0.223. The number of nitrogens with zero attached hydrogens (tertiary/aromatic N) is 1. The van der Waals surface area contributed by atoms with Crippen LogP contribution < -0.4 is 4.57 Å². The quantitative estimate of drug-likeness (QED) is 0.627. The van der Waals surface area contributed by atoms with E-state index in [4.69, 9.17) is 0 Å². The summed E-state index contributed by atoms with van der Waals surface area (Å²) in [6, 6.07) is 15.1. The van der Waals surface area contributed by atoms with Crippen molar-refractivity contribution in [2.24, 2.45) is 0 Å². The van der Waals surface area contributed by atoms with Crippen LogP contribution in [0.1, 0.15) is 5.56 Å².